The summed E-state index contributed by atoms with van der Waals surface area (Å²) in [5.41, 5.74) is 0.325. The van der Waals surface area contributed by atoms with Gasteiger partial charge >= 0.3 is 5.97 Å². The Kier molecular flexibility index (Phi) is 3.66. The lowest BCUT2D eigenvalue weighted by Crippen LogP contribution is -2.39. The third-order valence-corrected chi connectivity index (χ3v) is 5.06. The van der Waals surface area contributed by atoms with Crippen molar-refractivity contribution in [3.05, 3.63) is 29.3 Å². The predicted octanol–water partition coefficient (Wildman–Crippen LogP) is 3.34. The minimum absolute atomic E-state index is 0.0655. The topological polar surface area (TPSA) is 57.6 Å². The van der Waals surface area contributed by atoms with E-state index in [0.717, 1.165) is 24.9 Å². The maximum Gasteiger partial charge on any atom is 0.306 e. The molecular weight excluding hydrogens is 290 g/mol. The highest BCUT2D eigenvalue weighted by Gasteiger charge is 2.50. The number of carbonyl (C=O) groups is 2. The van der Waals surface area contributed by atoms with E-state index in [1.807, 2.05) is 12.1 Å². The van der Waals surface area contributed by atoms with Crippen molar-refractivity contribution in [1.82, 2.24) is 0 Å². The van der Waals surface area contributed by atoms with E-state index in [4.69, 9.17) is 11.6 Å². The average molecular weight is 308 g/mol. The molecule has 0 radical (unpaired) electrons. The largest absolute Gasteiger partial charge is 0.481 e. The van der Waals surface area contributed by atoms with Gasteiger partial charge < -0.3 is 10.0 Å². The number of halogens is 1. The number of nitrogens with zero attached hydrogens (tertiary/aromatic N) is 1. The number of aliphatic carboxylic acids is 1. The quantitative estimate of drug-likeness (QED) is 0.911. The zero-order valence-corrected chi connectivity index (χ0v) is 12.5. The molecule has 1 aliphatic carbocycles. The van der Waals surface area contributed by atoms with Crippen LogP contribution in [-0.4, -0.2) is 23.5 Å². The first-order chi connectivity index (χ1) is 10.0. The third kappa shape index (κ3) is 2.53. The molecule has 5 heteroatoms. The van der Waals surface area contributed by atoms with E-state index in [2.05, 4.69) is 0 Å². The number of hydrogen-bond acceptors (Lipinski definition) is 2. The van der Waals surface area contributed by atoms with E-state index in [1.54, 1.807) is 17.0 Å². The zero-order valence-electron chi connectivity index (χ0n) is 11.7. The monoisotopic (exact) mass is 307 g/mol. The minimum Gasteiger partial charge on any atom is -0.481 e. The van der Waals surface area contributed by atoms with Crippen LogP contribution >= 0.6 is 11.6 Å². The minimum atomic E-state index is -0.775. The smallest absolute Gasteiger partial charge is 0.306 e. The Balaban J connectivity index is 1.84. The Morgan fingerprint density at radius 1 is 1.38 bits per heavy atom. The number of carboxylic acid groups (broad SMARTS) is 1. The van der Waals surface area contributed by atoms with Gasteiger partial charge in [-0.25, -0.2) is 0 Å². The highest BCUT2D eigenvalue weighted by molar-refractivity contribution is 6.31. The first-order valence-corrected chi connectivity index (χ1v) is 7.70. The molecule has 21 heavy (non-hydrogen) atoms. The summed E-state index contributed by atoms with van der Waals surface area (Å²) in [5.74, 6) is -1.10. The molecule has 1 saturated heterocycles. The van der Waals surface area contributed by atoms with Crippen molar-refractivity contribution >= 4 is 29.2 Å². The van der Waals surface area contributed by atoms with Gasteiger partial charge in [0.1, 0.15) is 0 Å². The summed E-state index contributed by atoms with van der Waals surface area (Å²) >= 11 is 6.00. The van der Waals surface area contributed by atoms with Gasteiger partial charge in [-0.3, -0.25) is 9.59 Å². The van der Waals surface area contributed by atoms with Crippen LogP contribution in [0.3, 0.4) is 0 Å². The van der Waals surface area contributed by atoms with Gasteiger partial charge in [0.05, 0.1) is 11.3 Å². The lowest BCUT2D eigenvalue weighted by atomic mass is 9.68. The molecule has 2 aliphatic rings. The van der Waals surface area contributed by atoms with E-state index < -0.39 is 11.4 Å². The number of carbonyl (C=O) groups excluding carboxylic acids is 1. The van der Waals surface area contributed by atoms with Gasteiger partial charge in [0.25, 0.3) is 0 Å². The van der Waals surface area contributed by atoms with Crippen molar-refractivity contribution in [2.45, 2.75) is 32.1 Å². The SMILES string of the molecule is O=C(O)C1CCCC2(CCN(c3cccc(Cl)c3)C2=O)C1. The van der Waals surface area contributed by atoms with Crippen LogP contribution < -0.4 is 4.90 Å². The van der Waals surface area contributed by atoms with Gasteiger partial charge in [-0.2, -0.15) is 0 Å². The van der Waals surface area contributed by atoms with Crippen LogP contribution in [0.25, 0.3) is 0 Å². The van der Waals surface area contributed by atoms with Crippen LogP contribution in [-0.2, 0) is 9.59 Å². The Morgan fingerprint density at radius 3 is 2.90 bits per heavy atom. The first-order valence-electron chi connectivity index (χ1n) is 7.32. The molecule has 4 nitrogen and oxygen atoms in total. The van der Waals surface area contributed by atoms with Gasteiger partial charge in [0.15, 0.2) is 0 Å². The Morgan fingerprint density at radius 2 is 2.19 bits per heavy atom. The molecule has 112 valence electrons. The Bertz CT molecular complexity index is 589. The highest BCUT2D eigenvalue weighted by Crippen LogP contribution is 2.48. The number of rotatable bonds is 2. The molecule has 1 aromatic rings. The van der Waals surface area contributed by atoms with Gasteiger partial charge in [0.2, 0.25) is 5.91 Å². The molecule has 1 amide bonds. The van der Waals surface area contributed by atoms with Crippen molar-refractivity contribution in [1.29, 1.82) is 0 Å². The molecule has 1 saturated carbocycles. The summed E-state index contributed by atoms with van der Waals surface area (Å²) in [6.07, 6.45) is 3.50. The first kappa shape index (κ1) is 14.4. The van der Waals surface area contributed by atoms with E-state index in [0.29, 0.717) is 24.4 Å². The van der Waals surface area contributed by atoms with Crippen LogP contribution in [0, 0.1) is 11.3 Å². The predicted molar refractivity (Wildman–Crippen MR) is 80.4 cm³/mol. The zero-order chi connectivity index (χ0) is 15.0. The summed E-state index contributed by atoms with van der Waals surface area (Å²) in [6, 6.07) is 7.27. The standard InChI is InChI=1S/C16H18ClNO3/c17-12-4-1-5-13(9-12)18-8-7-16(15(18)21)6-2-3-11(10-16)14(19)20/h1,4-5,9,11H,2-3,6-8,10H2,(H,19,20). The maximum absolute atomic E-state index is 12.9. The van der Waals surface area contributed by atoms with Crippen LogP contribution in [0.1, 0.15) is 32.1 Å². The van der Waals surface area contributed by atoms with Gasteiger partial charge in [-0.1, -0.05) is 24.1 Å². The molecule has 3 rings (SSSR count). The molecule has 1 spiro atoms. The lowest BCUT2D eigenvalue weighted by molar-refractivity contribution is -0.145. The number of anilines is 1. The molecule has 2 fully saturated rings. The summed E-state index contributed by atoms with van der Waals surface area (Å²) in [4.78, 5) is 25.9. The lowest BCUT2D eigenvalue weighted by Gasteiger charge is -2.34. The molecule has 0 aromatic heterocycles. The molecule has 1 heterocycles. The maximum atomic E-state index is 12.9. The van der Waals surface area contributed by atoms with E-state index in [1.165, 1.54) is 0 Å². The Hall–Kier alpha value is -1.55. The van der Waals surface area contributed by atoms with Crippen molar-refractivity contribution < 1.29 is 14.7 Å². The number of benzene rings is 1. The normalized spacial score (nSPS) is 29.1. The second-order valence-electron chi connectivity index (χ2n) is 6.10. The van der Waals surface area contributed by atoms with Crippen molar-refractivity contribution in [2.75, 3.05) is 11.4 Å². The van der Waals surface area contributed by atoms with E-state index in [-0.39, 0.29) is 11.8 Å². The molecule has 1 N–H and O–H groups in total. The molecule has 1 aliphatic heterocycles. The third-order valence-electron chi connectivity index (χ3n) is 4.83. The summed E-state index contributed by atoms with van der Waals surface area (Å²) in [7, 11) is 0. The highest BCUT2D eigenvalue weighted by atomic mass is 35.5. The van der Waals surface area contributed by atoms with Crippen LogP contribution in [0.2, 0.25) is 5.02 Å². The van der Waals surface area contributed by atoms with Gasteiger partial charge in [0, 0.05) is 17.3 Å². The summed E-state index contributed by atoms with van der Waals surface area (Å²) in [5, 5.41) is 9.85. The fourth-order valence-electron chi connectivity index (χ4n) is 3.71. The summed E-state index contributed by atoms with van der Waals surface area (Å²) in [6.45, 7) is 0.644. The van der Waals surface area contributed by atoms with E-state index in [9.17, 15) is 14.7 Å². The van der Waals surface area contributed by atoms with Crippen LogP contribution in [0.15, 0.2) is 24.3 Å². The van der Waals surface area contributed by atoms with Crippen LogP contribution in [0.4, 0.5) is 5.69 Å². The number of amides is 1. The second-order valence-corrected chi connectivity index (χ2v) is 6.53. The number of hydrogen-bond donors (Lipinski definition) is 1. The summed E-state index contributed by atoms with van der Waals surface area (Å²) < 4.78 is 0. The molecule has 1 aromatic carbocycles. The number of carboxylic acids is 1. The fraction of sp³-hybridized carbons (Fsp3) is 0.500. The molecular formula is C16H18ClNO3. The van der Waals surface area contributed by atoms with E-state index >= 15 is 0 Å². The van der Waals surface area contributed by atoms with Gasteiger partial charge in [-0.15, -0.1) is 0 Å². The second kappa shape index (κ2) is 5.34. The average Bonchev–Trinajstić information content (AvgIpc) is 2.76. The van der Waals surface area contributed by atoms with Crippen LogP contribution in [0.5, 0.6) is 0 Å². The fourth-order valence-corrected chi connectivity index (χ4v) is 3.89. The van der Waals surface area contributed by atoms with Crippen molar-refractivity contribution in [2.24, 2.45) is 11.3 Å². The molecule has 2 atom stereocenters. The molecule has 2 unspecified atom stereocenters. The van der Waals surface area contributed by atoms with Crippen molar-refractivity contribution in [3.8, 4) is 0 Å². The molecule has 0 bridgehead atoms. The van der Waals surface area contributed by atoms with Gasteiger partial charge in [-0.05, 0) is 43.9 Å². The van der Waals surface area contributed by atoms with Crippen molar-refractivity contribution in [3.63, 3.8) is 0 Å². The Labute approximate surface area is 128 Å².